The monoisotopic (exact) mass is 233 g/mol. The van der Waals surface area contributed by atoms with Gasteiger partial charge in [-0.05, 0) is 13.3 Å². The molecule has 0 unspecified atom stereocenters. The number of fused-ring (bicyclic) bond motifs is 1. The largest absolute Gasteiger partial charge is 0.360 e. The first-order chi connectivity index (χ1) is 8.31. The number of hydrogen-bond donors (Lipinski definition) is 1. The van der Waals surface area contributed by atoms with Crippen LogP contribution in [0.1, 0.15) is 23.7 Å². The Morgan fingerprint density at radius 3 is 3.35 bits per heavy atom. The molecule has 1 aliphatic rings. The van der Waals surface area contributed by atoms with E-state index in [9.17, 15) is 0 Å². The zero-order valence-corrected chi connectivity index (χ0v) is 9.76. The van der Waals surface area contributed by atoms with Gasteiger partial charge in [-0.1, -0.05) is 5.16 Å². The van der Waals surface area contributed by atoms with E-state index in [0.717, 1.165) is 43.2 Å². The molecule has 0 bridgehead atoms. The molecule has 0 saturated carbocycles. The highest BCUT2D eigenvalue weighted by atomic mass is 16.5. The summed E-state index contributed by atoms with van der Waals surface area (Å²) in [6.07, 6.45) is 3.69. The molecule has 2 aromatic heterocycles. The molecular formula is C11H15N5O. The van der Waals surface area contributed by atoms with Crippen LogP contribution in [0.5, 0.6) is 0 Å². The summed E-state index contributed by atoms with van der Waals surface area (Å²) in [7, 11) is 0. The summed E-state index contributed by atoms with van der Waals surface area (Å²) in [6.45, 7) is 3.52. The second kappa shape index (κ2) is 4.29. The number of aromatic nitrogens is 4. The minimum Gasteiger partial charge on any atom is -0.360 e. The number of nitrogens with one attached hydrogen (secondary N) is 1. The Labute approximate surface area is 99.0 Å². The molecule has 3 rings (SSSR count). The van der Waals surface area contributed by atoms with Gasteiger partial charge in [0.05, 0.1) is 18.8 Å². The summed E-state index contributed by atoms with van der Waals surface area (Å²) in [4.78, 5) is 4.21. The van der Waals surface area contributed by atoms with Crippen molar-refractivity contribution in [1.82, 2.24) is 25.2 Å². The Balaban J connectivity index is 1.57. The van der Waals surface area contributed by atoms with Gasteiger partial charge in [-0.25, -0.2) is 9.67 Å². The van der Waals surface area contributed by atoms with Crippen LogP contribution in [-0.4, -0.2) is 26.0 Å². The Hall–Kier alpha value is -1.69. The van der Waals surface area contributed by atoms with E-state index in [1.165, 1.54) is 0 Å². The lowest BCUT2D eigenvalue weighted by atomic mass is 10.1. The molecule has 90 valence electrons. The molecule has 0 aromatic carbocycles. The summed E-state index contributed by atoms with van der Waals surface area (Å²) in [6, 6.07) is 2.38. The van der Waals surface area contributed by atoms with E-state index >= 15 is 0 Å². The van der Waals surface area contributed by atoms with Gasteiger partial charge in [-0.15, -0.1) is 0 Å². The molecular weight excluding hydrogens is 218 g/mol. The van der Waals surface area contributed by atoms with E-state index in [0.29, 0.717) is 6.04 Å². The SMILES string of the molecule is Cc1cc(CN[C@@H]2CCc3ncnn3C2)on1. The molecule has 6 nitrogen and oxygen atoms in total. The van der Waals surface area contributed by atoms with E-state index in [4.69, 9.17) is 4.52 Å². The Bertz CT molecular complexity index is 503. The molecule has 0 amide bonds. The van der Waals surface area contributed by atoms with Crippen molar-refractivity contribution < 1.29 is 4.52 Å². The quantitative estimate of drug-likeness (QED) is 0.844. The standard InChI is InChI=1S/C11H15N5O/c1-8-4-10(17-15-8)5-12-9-2-3-11-13-7-14-16(11)6-9/h4,7,9,12H,2-3,5-6H2,1H3/t9-/m1/s1. The maximum atomic E-state index is 5.16. The second-order valence-corrected chi connectivity index (χ2v) is 4.41. The van der Waals surface area contributed by atoms with Crippen LogP contribution >= 0.6 is 0 Å². The van der Waals surface area contributed by atoms with Crippen LogP contribution < -0.4 is 5.32 Å². The Kier molecular flexibility index (Phi) is 2.64. The van der Waals surface area contributed by atoms with Crippen LogP contribution in [0.15, 0.2) is 16.9 Å². The summed E-state index contributed by atoms with van der Waals surface area (Å²) in [5, 5.41) is 11.5. The van der Waals surface area contributed by atoms with Gasteiger partial charge in [0.25, 0.3) is 0 Å². The molecule has 17 heavy (non-hydrogen) atoms. The molecule has 0 aliphatic carbocycles. The fourth-order valence-electron chi connectivity index (χ4n) is 2.15. The van der Waals surface area contributed by atoms with Crippen LogP contribution in [0.4, 0.5) is 0 Å². The van der Waals surface area contributed by atoms with Crippen LogP contribution in [0, 0.1) is 6.92 Å². The Morgan fingerprint density at radius 1 is 1.59 bits per heavy atom. The fraction of sp³-hybridized carbons (Fsp3) is 0.545. The third-order valence-electron chi connectivity index (χ3n) is 3.05. The van der Waals surface area contributed by atoms with Crippen LogP contribution in [-0.2, 0) is 19.5 Å². The predicted octanol–water partition coefficient (Wildman–Crippen LogP) is 0.679. The minimum absolute atomic E-state index is 0.426. The normalized spacial score (nSPS) is 19.2. The van der Waals surface area contributed by atoms with Crippen LogP contribution in [0.3, 0.4) is 0 Å². The zero-order valence-electron chi connectivity index (χ0n) is 9.76. The highest BCUT2D eigenvalue weighted by molar-refractivity contribution is 5.03. The van der Waals surface area contributed by atoms with Gasteiger partial charge in [-0.2, -0.15) is 5.10 Å². The van der Waals surface area contributed by atoms with Gasteiger partial charge in [0.15, 0.2) is 5.76 Å². The van der Waals surface area contributed by atoms with Crippen molar-refractivity contribution in [2.75, 3.05) is 0 Å². The number of aryl methyl sites for hydroxylation is 2. The second-order valence-electron chi connectivity index (χ2n) is 4.41. The molecule has 0 fully saturated rings. The minimum atomic E-state index is 0.426. The van der Waals surface area contributed by atoms with Crippen molar-refractivity contribution in [3.8, 4) is 0 Å². The lowest BCUT2D eigenvalue weighted by Gasteiger charge is -2.23. The summed E-state index contributed by atoms with van der Waals surface area (Å²) in [5.74, 6) is 1.96. The summed E-state index contributed by atoms with van der Waals surface area (Å²) < 4.78 is 7.13. The first-order valence-corrected chi connectivity index (χ1v) is 5.83. The van der Waals surface area contributed by atoms with E-state index in [1.54, 1.807) is 6.33 Å². The van der Waals surface area contributed by atoms with E-state index in [1.807, 2.05) is 17.7 Å². The number of nitrogens with zero attached hydrogens (tertiary/aromatic N) is 4. The van der Waals surface area contributed by atoms with E-state index in [2.05, 4.69) is 20.6 Å². The van der Waals surface area contributed by atoms with Crippen LogP contribution in [0.25, 0.3) is 0 Å². The smallest absolute Gasteiger partial charge is 0.150 e. The van der Waals surface area contributed by atoms with Gasteiger partial charge in [0, 0.05) is 18.5 Å². The molecule has 1 N–H and O–H groups in total. The lowest BCUT2D eigenvalue weighted by molar-refractivity contribution is 0.323. The van der Waals surface area contributed by atoms with Crippen molar-refractivity contribution in [3.05, 3.63) is 29.7 Å². The Morgan fingerprint density at radius 2 is 2.53 bits per heavy atom. The van der Waals surface area contributed by atoms with Gasteiger partial charge in [0.2, 0.25) is 0 Å². The molecule has 0 saturated heterocycles. The highest BCUT2D eigenvalue weighted by Crippen LogP contribution is 2.12. The van der Waals surface area contributed by atoms with Gasteiger partial charge in [0.1, 0.15) is 12.2 Å². The lowest BCUT2D eigenvalue weighted by Crippen LogP contribution is -2.37. The molecule has 1 aliphatic heterocycles. The van der Waals surface area contributed by atoms with Gasteiger partial charge >= 0.3 is 0 Å². The molecule has 3 heterocycles. The molecule has 6 heteroatoms. The summed E-state index contributed by atoms with van der Waals surface area (Å²) >= 11 is 0. The molecule has 0 radical (unpaired) electrons. The van der Waals surface area contributed by atoms with Gasteiger partial charge in [-0.3, -0.25) is 0 Å². The first kappa shape index (κ1) is 10.5. The van der Waals surface area contributed by atoms with Crippen molar-refractivity contribution in [3.63, 3.8) is 0 Å². The molecule has 1 atom stereocenters. The van der Waals surface area contributed by atoms with Crippen molar-refractivity contribution in [2.45, 2.75) is 38.9 Å². The number of hydrogen-bond acceptors (Lipinski definition) is 5. The third kappa shape index (κ3) is 2.21. The van der Waals surface area contributed by atoms with Crippen LogP contribution in [0.2, 0.25) is 0 Å². The summed E-state index contributed by atoms with van der Waals surface area (Å²) in [5.41, 5.74) is 0.920. The van der Waals surface area contributed by atoms with Gasteiger partial charge < -0.3 is 9.84 Å². The maximum absolute atomic E-state index is 5.16. The van der Waals surface area contributed by atoms with E-state index in [-0.39, 0.29) is 0 Å². The first-order valence-electron chi connectivity index (χ1n) is 5.83. The highest BCUT2D eigenvalue weighted by Gasteiger charge is 2.19. The maximum Gasteiger partial charge on any atom is 0.150 e. The fourth-order valence-corrected chi connectivity index (χ4v) is 2.15. The average molecular weight is 233 g/mol. The number of rotatable bonds is 3. The van der Waals surface area contributed by atoms with E-state index < -0.39 is 0 Å². The van der Waals surface area contributed by atoms with Crippen molar-refractivity contribution >= 4 is 0 Å². The third-order valence-corrected chi connectivity index (χ3v) is 3.05. The average Bonchev–Trinajstić information content (AvgIpc) is 2.94. The van der Waals surface area contributed by atoms with Crippen molar-refractivity contribution in [2.24, 2.45) is 0 Å². The molecule has 2 aromatic rings. The van der Waals surface area contributed by atoms with Crippen molar-refractivity contribution in [1.29, 1.82) is 0 Å². The zero-order chi connectivity index (χ0) is 11.7. The topological polar surface area (TPSA) is 68.8 Å². The molecule has 0 spiro atoms. The predicted molar refractivity (Wildman–Crippen MR) is 60.2 cm³/mol.